The molecule has 1 saturated heterocycles. The second-order valence-corrected chi connectivity index (χ2v) is 12.4. The highest BCUT2D eigenvalue weighted by Gasteiger charge is 2.27. The molecule has 1 aromatic rings. The summed E-state index contributed by atoms with van der Waals surface area (Å²) in [6.45, 7) is 10.9. The molecular weight excluding hydrogens is 234 g/mol. The van der Waals surface area contributed by atoms with Gasteiger partial charge in [0.05, 0.1) is 8.07 Å². The highest BCUT2D eigenvalue weighted by Crippen LogP contribution is 2.31. The normalized spacial score (nSPS) is 22.1. The molecular formula is C16H27NSi. The first-order valence-corrected chi connectivity index (χ1v) is 11.0. The number of aryl methyl sites for hydroxylation is 1. The largest absolute Gasteiger partial charge is 0.299 e. The smallest absolute Gasteiger partial charge is 0.0599 e. The molecule has 0 spiro atoms. The standard InChI is InChI=1S/C16H27NSi/c1-14-8-10-15(11-9-14)16-7-5-6-12-17(16)13-18(2,3)4/h8-11,16H,5-7,12-13H2,1-4H3. The van der Waals surface area contributed by atoms with E-state index in [1.54, 1.807) is 0 Å². The fourth-order valence-electron chi connectivity index (χ4n) is 2.96. The van der Waals surface area contributed by atoms with Crippen molar-refractivity contribution in [2.24, 2.45) is 0 Å². The summed E-state index contributed by atoms with van der Waals surface area (Å²) in [5, 5.41) is 0. The number of hydrogen-bond acceptors (Lipinski definition) is 1. The fourth-order valence-corrected chi connectivity index (χ4v) is 4.55. The zero-order valence-corrected chi connectivity index (χ0v) is 13.4. The fraction of sp³-hybridized carbons (Fsp3) is 0.625. The third kappa shape index (κ3) is 3.69. The minimum atomic E-state index is -1.00. The van der Waals surface area contributed by atoms with Gasteiger partial charge in [0.15, 0.2) is 0 Å². The van der Waals surface area contributed by atoms with Crippen molar-refractivity contribution < 1.29 is 0 Å². The van der Waals surface area contributed by atoms with Gasteiger partial charge >= 0.3 is 0 Å². The van der Waals surface area contributed by atoms with Crippen LogP contribution >= 0.6 is 0 Å². The molecule has 100 valence electrons. The van der Waals surface area contributed by atoms with Crippen LogP contribution in [-0.4, -0.2) is 25.7 Å². The van der Waals surface area contributed by atoms with Crippen LogP contribution in [0.25, 0.3) is 0 Å². The SMILES string of the molecule is Cc1ccc(C2CCCCN2C[Si](C)(C)C)cc1. The maximum atomic E-state index is 2.75. The molecule has 0 amide bonds. The van der Waals surface area contributed by atoms with Crippen LogP contribution in [0.1, 0.15) is 36.4 Å². The summed E-state index contributed by atoms with van der Waals surface area (Å²) in [7, 11) is -1.00. The van der Waals surface area contributed by atoms with Crippen LogP contribution in [0.15, 0.2) is 24.3 Å². The number of likely N-dealkylation sites (tertiary alicyclic amines) is 1. The van der Waals surface area contributed by atoms with Crippen molar-refractivity contribution >= 4 is 8.07 Å². The number of benzene rings is 1. The van der Waals surface area contributed by atoms with E-state index in [0.29, 0.717) is 6.04 Å². The molecule has 1 aliphatic rings. The summed E-state index contributed by atoms with van der Waals surface area (Å²) in [6.07, 6.45) is 5.45. The van der Waals surface area contributed by atoms with Gasteiger partial charge in [-0.15, -0.1) is 0 Å². The molecule has 0 N–H and O–H groups in total. The molecule has 1 nitrogen and oxygen atoms in total. The minimum absolute atomic E-state index is 0.672. The Hall–Kier alpha value is -0.603. The quantitative estimate of drug-likeness (QED) is 0.729. The Morgan fingerprint density at radius 3 is 2.39 bits per heavy atom. The van der Waals surface area contributed by atoms with E-state index in [2.05, 4.69) is 55.7 Å². The number of rotatable bonds is 3. The van der Waals surface area contributed by atoms with Gasteiger partial charge in [0, 0.05) is 6.04 Å². The molecule has 0 bridgehead atoms. The first-order chi connectivity index (χ1) is 8.46. The van der Waals surface area contributed by atoms with Crippen LogP contribution in [0.3, 0.4) is 0 Å². The van der Waals surface area contributed by atoms with Gasteiger partial charge in [-0.1, -0.05) is 55.9 Å². The lowest BCUT2D eigenvalue weighted by Gasteiger charge is -2.39. The topological polar surface area (TPSA) is 3.24 Å². The molecule has 1 unspecified atom stereocenters. The van der Waals surface area contributed by atoms with Crippen molar-refractivity contribution in [3.05, 3.63) is 35.4 Å². The predicted octanol–water partition coefficient (Wildman–Crippen LogP) is 4.40. The highest BCUT2D eigenvalue weighted by molar-refractivity contribution is 6.76. The first-order valence-electron chi connectivity index (χ1n) is 7.26. The molecule has 0 aliphatic carbocycles. The lowest BCUT2D eigenvalue weighted by molar-refractivity contribution is 0.172. The van der Waals surface area contributed by atoms with Crippen molar-refractivity contribution in [2.75, 3.05) is 12.7 Å². The lowest BCUT2D eigenvalue weighted by atomic mass is 9.95. The molecule has 1 atom stereocenters. The monoisotopic (exact) mass is 261 g/mol. The maximum Gasteiger partial charge on any atom is 0.0599 e. The van der Waals surface area contributed by atoms with E-state index in [1.807, 2.05) is 0 Å². The summed E-state index contributed by atoms with van der Waals surface area (Å²) in [5.41, 5.74) is 2.89. The molecule has 0 radical (unpaired) electrons. The van der Waals surface area contributed by atoms with Crippen LogP contribution in [0.2, 0.25) is 19.6 Å². The summed E-state index contributed by atoms with van der Waals surface area (Å²) in [4.78, 5) is 2.75. The average molecular weight is 261 g/mol. The van der Waals surface area contributed by atoms with Crippen molar-refractivity contribution in [3.8, 4) is 0 Å². The van der Waals surface area contributed by atoms with Gasteiger partial charge in [0.25, 0.3) is 0 Å². The van der Waals surface area contributed by atoms with E-state index < -0.39 is 8.07 Å². The first kappa shape index (κ1) is 13.8. The molecule has 2 heteroatoms. The van der Waals surface area contributed by atoms with Crippen molar-refractivity contribution in [1.82, 2.24) is 4.90 Å². The van der Waals surface area contributed by atoms with Crippen LogP contribution in [-0.2, 0) is 0 Å². The van der Waals surface area contributed by atoms with E-state index in [0.717, 1.165) is 0 Å². The van der Waals surface area contributed by atoms with Gasteiger partial charge in [-0.05, 0) is 38.0 Å². The van der Waals surface area contributed by atoms with E-state index in [4.69, 9.17) is 0 Å². The Labute approximate surface area is 113 Å². The highest BCUT2D eigenvalue weighted by atomic mass is 28.3. The molecule has 1 fully saturated rings. The Kier molecular flexibility index (Phi) is 4.28. The maximum absolute atomic E-state index is 2.75. The zero-order valence-electron chi connectivity index (χ0n) is 12.4. The molecule has 1 heterocycles. The van der Waals surface area contributed by atoms with Gasteiger partial charge < -0.3 is 0 Å². The number of hydrogen-bond donors (Lipinski definition) is 0. The molecule has 0 aromatic heterocycles. The Balaban J connectivity index is 2.14. The van der Waals surface area contributed by atoms with Gasteiger partial charge in [-0.25, -0.2) is 0 Å². The third-order valence-corrected chi connectivity index (χ3v) is 5.11. The summed E-state index contributed by atoms with van der Waals surface area (Å²) in [6, 6.07) is 9.87. The van der Waals surface area contributed by atoms with Gasteiger partial charge in [-0.3, -0.25) is 4.90 Å². The van der Waals surface area contributed by atoms with E-state index in [-0.39, 0.29) is 0 Å². The molecule has 1 aliphatic heterocycles. The minimum Gasteiger partial charge on any atom is -0.299 e. The molecule has 1 aromatic carbocycles. The predicted molar refractivity (Wildman–Crippen MR) is 82.7 cm³/mol. The molecule has 18 heavy (non-hydrogen) atoms. The molecule has 0 saturated carbocycles. The van der Waals surface area contributed by atoms with Gasteiger partial charge in [-0.2, -0.15) is 0 Å². The summed E-state index contributed by atoms with van der Waals surface area (Å²) < 4.78 is 0. The van der Waals surface area contributed by atoms with Crippen molar-refractivity contribution in [2.45, 2.75) is 51.9 Å². The van der Waals surface area contributed by atoms with Crippen molar-refractivity contribution in [3.63, 3.8) is 0 Å². The summed E-state index contributed by atoms with van der Waals surface area (Å²) in [5.74, 6) is 0. The van der Waals surface area contributed by atoms with Gasteiger partial charge in [0.2, 0.25) is 0 Å². The van der Waals surface area contributed by atoms with Crippen LogP contribution in [0, 0.1) is 6.92 Å². The second-order valence-electron chi connectivity index (χ2n) is 6.95. The summed E-state index contributed by atoms with van der Waals surface area (Å²) >= 11 is 0. The molecule has 2 rings (SSSR count). The average Bonchev–Trinajstić information content (AvgIpc) is 2.29. The van der Waals surface area contributed by atoms with E-state index >= 15 is 0 Å². The lowest BCUT2D eigenvalue weighted by Crippen LogP contribution is -2.44. The van der Waals surface area contributed by atoms with E-state index in [1.165, 1.54) is 43.1 Å². The number of piperidine rings is 1. The Bertz CT molecular complexity index is 377. The Morgan fingerprint density at radius 1 is 1.11 bits per heavy atom. The zero-order chi connectivity index (χ0) is 13.2. The van der Waals surface area contributed by atoms with Crippen molar-refractivity contribution in [1.29, 1.82) is 0 Å². The van der Waals surface area contributed by atoms with Crippen LogP contribution in [0.4, 0.5) is 0 Å². The van der Waals surface area contributed by atoms with Crippen LogP contribution < -0.4 is 0 Å². The van der Waals surface area contributed by atoms with Crippen LogP contribution in [0.5, 0.6) is 0 Å². The Morgan fingerprint density at radius 2 is 1.78 bits per heavy atom. The number of nitrogens with zero attached hydrogens (tertiary/aromatic N) is 1. The third-order valence-electron chi connectivity index (χ3n) is 3.75. The van der Waals surface area contributed by atoms with E-state index in [9.17, 15) is 0 Å². The second kappa shape index (κ2) is 5.58. The van der Waals surface area contributed by atoms with Gasteiger partial charge in [0.1, 0.15) is 0 Å².